The minimum absolute atomic E-state index is 0.0112. The summed E-state index contributed by atoms with van der Waals surface area (Å²) in [5, 5.41) is 0. The Kier molecular flexibility index (Phi) is 18.4. The molecule has 2 atom stereocenters. The number of carbonyl (C=O) groups is 2. The van der Waals surface area contributed by atoms with Crippen LogP contribution in [-0.2, 0) is 25.6 Å². The first-order chi connectivity index (χ1) is 21.2. The molecule has 0 radical (unpaired) electrons. The highest BCUT2D eigenvalue weighted by molar-refractivity contribution is 5.75. The molecular formula is C33H58N6O5. The number of H-pyrrole nitrogens is 1. The van der Waals surface area contributed by atoms with Crippen molar-refractivity contribution in [3.63, 3.8) is 0 Å². The number of aromatic nitrogens is 4. The molecule has 2 aromatic heterocycles. The quantitative estimate of drug-likeness (QED) is 0.0887. The third-order valence-electron chi connectivity index (χ3n) is 8.17. The van der Waals surface area contributed by atoms with Crippen molar-refractivity contribution in [1.82, 2.24) is 19.5 Å². The van der Waals surface area contributed by atoms with Crippen LogP contribution < -0.4 is 17.0 Å². The molecule has 2 heterocycles. The summed E-state index contributed by atoms with van der Waals surface area (Å²) in [6.45, 7) is 6.58. The molecule has 0 saturated carbocycles. The van der Waals surface area contributed by atoms with E-state index in [0.717, 1.165) is 19.3 Å². The van der Waals surface area contributed by atoms with E-state index in [2.05, 4.69) is 21.9 Å². The van der Waals surface area contributed by atoms with Gasteiger partial charge >= 0.3 is 11.9 Å². The van der Waals surface area contributed by atoms with Gasteiger partial charge in [-0.3, -0.25) is 19.4 Å². The molecule has 250 valence electrons. The molecule has 0 amide bonds. The number of aromatic amines is 1. The summed E-state index contributed by atoms with van der Waals surface area (Å²) in [6, 6.07) is -0.725. The highest BCUT2D eigenvalue weighted by atomic mass is 16.5. The van der Waals surface area contributed by atoms with Crippen molar-refractivity contribution >= 4 is 29.1 Å². The zero-order chi connectivity index (χ0) is 32.2. The van der Waals surface area contributed by atoms with E-state index in [1.807, 2.05) is 13.8 Å². The largest absolute Gasteiger partial charge is 0.466 e. The molecule has 0 aliphatic heterocycles. The number of nitrogens with zero attached hydrogens (tertiary/aromatic N) is 3. The smallest absolute Gasteiger partial charge is 0.323 e. The van der Waals surface area contributed by atoms with E-state index in [-0.39, 0.29) is 42.5 Å². The molecule has 0 fully saturated rings. The first kappa shape index (κ1) is 37.2. The van der Waals surface area contributed by atoms with E-state index in [1.54, 1.807) is 4.57 Å². The molecular weight excluding hydrogens is 560 g/mol. The zero-order valence-corrected chi connectivity index (χ0v) is 27.5. The van der Waals surface area contributed by atoms with Crippen molar-refractivity contribution < 1.29 is 19.1 Å². The Hall–Kier alpha value is -2.95. The van der Waals surface area contributed by atoms with Gasteiger partial charge in [0.15, 0.2) is 11.2 Å². The maximum Gasteiger partial charge on any atom is 0.323 e. The molecule has 2 rings (SSSR count). The van der Waals surface area contributed by atoms with Crippen LogP contribution in [0.15, 0.2) is 11.1 Å². The molecule has 0 aliphatic rings. The van der Waals surface area contributed by atoms with Gasteiger partial charge in [-0.1, -0.05) is 111 Å². The summed E-state index contributed by atoms with van der Waals surface area (Å²) in [7, 11) is 0. The lowest BCUT2D eigenvalue weighted by Crippen LogP contribution is -2.38. The summed E-state index contributed by atoms with van der Waals surface area (Å²) in [4.78, 5) is 47.7. The number of rotatable bonds is 25. The second kappa shape index (κ2) is 21.7. The monoisotopic (exact) mass is 618 g/mol. The van der Waals surface area contributed by atoms with E-state index >= 15 is 0 Å². The lowest BCUT2D eigenvalue weighted by atomic mass is 10.0. The molecule has 0 saturated heterocycles. The first-order valence-electron chi connectivity index (χ1n) is 17.0. The Morgan fingerprint density at radius 1 is 0.909 bits per heavy atom. The average Bonchev–Trinajstić information content (AvgIpc) is 3.39. The number of nitrogens with one attached hydrogen (secondary N) is 1. The molecule has 5 N–H and O–H groups in total. The Labute approximate surface area is 263 Å². The lowest BCUT2D eigenvalue weighted by Gasteiger charge is -2.20. The van der Waals surface area contributed by atoms with Crippen LogP contribution in [0.5, 0.6) is 0 Å². The van der Waals surface area contributed by atoms with Crippen LogP contribution in [0.2, 0.25) is 0 Å². The second-order valence-electron chi connectivity index (χ2n) is 12.5. The van der Waals surface area contributed by atoms with Crippen molar-refractivity contribution in [3.8, 4) is 0 Å². The van der Waals surface area contributed by atoms with Gasteiger partial charge in [0.25, 0.3) is 5.56 Å². The van der Waals surface area contributed by atoms with E-state index < -0.39 is 17.6 Å². The molecule has 0 bridgehead atoms. The highest BCUT2D eigenvalue weighted by Crippen LogP contribution is 2.16. The van der Waals surface area contributed by atoms with Crippen LogP contribution in [-0.4, -0.2) is 50.7 Å². The van der Waals surface area contributed by atoms with Gasteiger partial charge in [0.05, 0.1) is 19.5 Å². The summed E-state index contributed by atoms with van der Waals surface area (Å²) in [6.07, 6.45) is 21.5. The van der Waals surface area contributed by atoms with E-state index in [4.69, 9.17) is 20.9 Å². The van der Waals surface area contributed by atoms with Crippen molar-refractivity contribution in [2.24, 2.45) is 17.6 Å². The maximum atomic E-state index is 12.4. The summed E-state index contributed by atoms with van der Waals surface area (Å²) in [5.41, 5.74) is 11.7. The minimum Gasteiger partial charge on any atom is -0.466 e. The molecule has 0 aromatic carbocycles. The predicted molar refractivity (Wildman–Crippen MR) is 175 cm³/mol. The van der Waals surface area contributed by atoms with Crippen LogP contribution in [0, 0.1) is 11.8 Å². The van der Waals surface area contributed by atoms with Crippen molar-refractivity contribution in [1.29, 1.82) is 0 Å². The number of imidazole rings is 1. The molecule has 0 spiro atoms. The first-order valence-corrected chi connectivity index (χ1v) is 17.0. The van der Waals surface area contributed by atoms with Gasteiger partial charge in [-0.05, 0) is 18.8 Å². The predicted octanol–water partition coefficient (Wildman–Crippen LogP) is 6.04. The minimum atomic E-state index is -0.725. The maximum absolute atomic E-state index is 12.4. The Morgan fingerprint density at radius 3 is 2.05 bits per heavy atom. The van der Waals surface area contributed by atoms with Crippen LogP contribution in [0.3, 0.4) is 0 Å². The molecule has 44 heavy (non-hydrogen) atoms. The molecule has 1 unspecified atom stereocenters. The third-order valence-corrected chi connectivity index (χ3v) is 8.17. The van der Waals surface area contributed by atoms with Crippen LogP contribution in [0.25, 0.3) is 11.2 Å². The number of carbonyl (C=O) groups excluding carboxylic acids is 2. The van der Waals surface area contributed by atoms with Crippen molar-refractivity contribution in [2.75, 3.05) is 18.9 Å². The number of nitrogens with two attached hydrogens (primary N) is 2. The van der Waals surface area contributed by atoms with Gasteiger partial charge in [0.1, 0.15) is 6.04 Å². The summed E-state index contributed by atoms with van der Waals surface area (Å²) >= 11 is 0. The van der Waals surface area contributed by atoms with Crippen molar-refractivity contribution in [2.45, 2.75) is 143 Å². The summed E-state index contributed by atoms with van der Waals surface area (Å²) < 4.78 is 12.7. The SMILES string of the molecule is CCCCCCCCCCCCCCCCCC(=O)OCCC(COC(=O)[C@@H](N)C(C)C)Cn1cnc2c(=O)[nH]c(N)nc21. The fourth-order valence-corrected chi connectivity index (χ4v) is 5.23. The fourth-order valence-electron chi connectivity index (χ4n) is 5.23. The Bertz CT molecular complexity index is 1150. The van der Waals surface area contributed by atoms with E-state index in [0.29, 0.717) is 25.0 Å². The Balaban J connectivity index is 1.66. The molecule has 0 aliphatic carbocycles. The van der Waals surface area contributed by atoms with E-state index in [9.17, 15) is 14.4 Å². The van der Waals surface area contributed by atoms with Gasteiger partial charge in [0.2, 0.25) is 5.95 Å². The van der Waals surface area contributed by atoms with Crippen LogP contribution in [0.1, 0.15) is 130 Å². The van der Waals surface area contributed by atoms with Gasteiger partial charge in [-0.25, -0.2) is 4.98 Å². The second-order valence-corrected chi connectivity index (χ2v) is 12.5. The van der Waals surface area contributed by atoms with Crippen LogP contribution in [0.4, 0.5) is 5.95 Å². The topological polar surface area (TPSA) is 168 Å². The van der Waals surface area contributed by atoms with Crippen LogP contribution >= 0.6 is 0 Å². The Morgan fingerprint density at radius 2 is 1.48 bits per heavy atom. The zero-order valence-electron chi connectivity index (χ0n) is 27.5. The van der Waals surface area contributed by atoms with Gasteiger partial charge in [-0.2, -0.15) is 4.98 Å². The molecule has 2 aromatic rings. The third kappa shape index (κ3) is 14.7. The number of unbranched alkanes of at least 4 members (excludes halogenated alkanes) is 14. The number of fused-ring (bicyclic) bond motifs is 1. The number of esters is 2. The van der Waals surface area contributed by atoms with Gasteiger partial charge < -0.3 is 25.5 Å². The van der Waals surface area contributed by atoms with E-state index in [1.165, 1.54) is 83.4 Å². The van der Waals surface area contributed by atoms with Gasteiger partial charge in [0, 0.05) is 18.9 Å². The average molecular weight is 619 g/mol. The molecule has 11 nitrogen and oxygen atoms in total. The highest BCUT2D eigenvalue weighted by Gasteiger charge is 2.22. The van der Waals surface area contributed by atoms with Gasteiger partial charge in [-0.15, -0.1) is 0 Å². The lowest BCUT2D eigenvalue weighted by molar-refractivity contribution is -0.149. The number of anilines is 1. The number of nitrogen functional groups attached to an aromatic ring is 1. The molecule has 11 heteroatoms. The normalized spacial score (nSPS) is 12.9. The van der Waals surface area contributed by atoms with Crippen molar-refractivity contribution in [3.05, 3.63) is 16.7 Å². The number of hydrogen-bond acceptors (Lipinski definition) is 9. The standard InChI is InChI=1S/C33H58N6O5/c1-4-5-6-7-8-9-10-11-12-13-14-15-16-17-18-19-27(40)43-21-20-26(23-44-32(42)28(34)25(2)3)22-39-24-36-29-30(39)37-33(35)38-31(29)41/h24-26,28H,4-23,34H2,1-3H3,(H3,35,37,38,41)/t26?,28-/m0/s1. The summed E-state index contributed by atoms with van der Waals surface area (Å²) in [5.74, 6) is -0.992. The number of hydrogen-bond donors (Lipinski definition) is 3. The fraction of sp³-hybridized carbons (Fsp3) is 0.788. The number of ether oxygens (including phenoxy) is 2.